The SMILES string of the molecule is COc1ccc(Cl)cc1CN(C)C(=O)CC(C)C1CCCNC1. The van der Waals surface area contributed by atoms with Crippen molar-refractivity contribution in [3.05, 3.63) is 28.8 Å². The van der Waals surface area contributed by atoms with Crippen LogP contribution >= 0.6 is 11.6 Å². The van der Waals surface area contributed by atoms with Crippen molar-refractivity contribution >= 4 is 17.5 Å². The minimum atomic E-state index is 0.171. The molecule has 23 heavy (non-hydrogen) atoms. The molecular weight excluding hydrogens is 312 g/mol. The molecule has 128 valence electrons. The zero-order chi connectivity index (χ0) is 16.8. The summed E-state index contributed by atoms with van der Waals surface area (Å²) in [7, 11) is 3.47. The molecule has 0 aromatic heterocycles. The summed E-state index contributed by atoms with van der Waals surface area (Å²) in [6.45, 7) is 4.83. The van der Waals surface area contributed by atoms with Crippen LogP contribution in [0.4, 0.5) is 0 Å². The van der Waals surface area contributed by atoms with Gasteiger partial charge in [0.1, 0.15) is 5.75 Å². The first-order chi connectivity index (χ1) is 11.0. The number of hydrogen-bond donors (Lipinski definition) is 1. The van der Waals surface area contributed by atoms with E-state index < -0.39 is 0 Å². The van der Waals surface area contributed by atoms with E-state index >= 15 is 0 Å². The average Bonchev–Trinajstić information content (AvgIpc) is 2.55. The fraction of sp³-hybridized carbons (Fsp3) is 0.611. The lowest BCUT2D eigenvalue weighted by Gasteiger charge is -2.29. The molecule has 1 heterocycles. The van der Waals surface area contributed by atoms with Gasteiger partial charge in [-0.3, -0.25) is 4.79 Å². The van der Waals surface area contributed by atoms with Crippen molar-refractivity contribution in [3.8, 4) is 5.75 Å². The summed E-state index contributed by atoms with van der Waals surface area (Å²) in [5.74, 6) is 1.93. The molecule has 1 N–H and O–H groups in total. The van der Waals surface area contributed by atoms with Gasteiger partial charge >= 0.3 is 0 Å². The Morgan fingerprint density at radius 1 is 1.52 bits per heavy atom. The lowest BCUT2D eigenvalue weighted by Crippen LogP contribution is -2.36. The van der Waals surface area contributed by atoms with Crippen LogP contribution in [0.1, 0.15) is 31.7 Å². The maximum absolute atomic E-state index is 12.5. The smallest absolute Gasteiger partial charge is 0.222 e. The highest BCUT2D eigenvalue weighted by Crippen LogP contribution is 2.26. The molecule has 2 atom stereocenters. The number of benzene rings is 1. The van der Waals surface area contributed by atoms with E-state index in [2.05, 4.69) is 12.2 Å². The topological polar surface area (TPSA) is 41.6 Å². The Bertz CT molecular complexity index is 530. The van der Waals surface area contributed by atoms with Gasteiger partial charge in [0, 0.05) is 30.6 Å². The molecule has 5 heteroatoms. The predicted octanol–water partition coefficient (Wildman–Crippen LogP) is 3.33. The Kier molecular flexibility index (Phi) is 6.72. The summed E-state index contributed by atoms with van der Waals surface area (Å²) < 4.78 is 5.35. The first-order valence-corrected chi connectivity index (χ1v) is 8.66. The molecule has 1 aromatic carbocycles. The Labute approximate surface area is 144 Å². The molecule has 0 radical (unpaired) electrons. The zero-order valence-electron chi connectivity index (χ0n) is 14.3. The van der Waals surface area contributed by atoms with Gasteiger partial charge in [0.25, 0.3) is 0 Å². The van der Waals surface area contributed by atoms with E-state index in [9.17, 15) is 4.79 Å². The van der Waals surface area contributed by atoms with E-state index in [0.29, 0.717) is 29.8 Å². The molecule has 4 nitrogen and oxygen atoms in total. The van der Waals surface area contributed by atoms with Crippen LogP contribution in [-0.4, -0.2) is 38.1 Å². The minimum Gasteiger partial charge on any atom is -0.496 e. The second-order valence-electron chi connectivity index (χ2n) is 6.49. The fourth-order valence-electron chi connectivity index (χ4n) is 3.18. The molecule has 2 rings (SSSR count). The number of amides is 1. The molecule has 1 aliphatic heterocycles. The highest BCUT2D eigenvalue weighted by atomic mass is 35.5. The maximum atomic E-state index is 12.5. The highest BCUT2D eigenvalue weighted by molar-refractivity contribution is 6.30. The second kappa shape index (κ2) is 8.55. The Morgan fingerprint density at radius 2 is 2.30 bits per heavy atom. The maximum Gasteiger partial charge on any atom is 0.222 e. The third-order valence-corrected chi connectivity index (χ3v) is 4.95. The molecular formula is C18H27ClN2O2. The van der Waals surface area contributed by atoms with Crippen LogP contribution in [0.15, 0.2) is 18.2 Å². The van der Waals surface area contributed by atoms with E-state index in [1.807, 2.05) is 19.2 Å². The molecule has 0 bridgehead atoms. The van der Waals surface area contributed by atoms with Crippen molar-refractivity contribution < 1.29 is 9.53 Å². The van der Waals surface area contributed by atoms with Crippen molar-refractivity contribution in [2.75, 3.05) is 27.2 Å². The van der Waals surface area contributed by atoms with E-state index in [-0.39, 0.29) is 5.91 Å². The van der Waals surface area contributed by atoms with Gasteiger partial charge in [-0.15, -0.1) is 0 Å². The summed E-state index contributed by atoms with van der Waals surface area (Å²) in [6.07, 6.45) is 3.01. The Morgan fingerprint density at radius 3 is 2.96 bits per heavy atom. The quantitative estimate of drug-likeness (QED) is 0.865. The van der Waals surface area contributed by atoms with Crippen LogP contribution in [0, 0.1) is 11.8 Å². The average molecular weight is 339 g/mol. The van der Waals surface area contributed by atoms with Crippen LogP contribution in [0.3, 0.4) is 0 Å². The summed E-state index contributed by atoms with van der Waals surface area (Å²) in [4.78, 5) is 14.3. The van der Waals surface area contributed by atoms with Gasteiger partial charge in [0.2, 0.25) is 5.91 Å². The first-order valence-electron chi connectivity index (χ1n) is 8.28. The Balaban J connectivity index is 1.93. The van der Waals surface area contributed by atoms with Crippen molar-refractivity contribution in [2.24, 2.45) is 11.8 Å². The largest absolute Gasteiger partial charge is 0.496 e. The number of nitrogens with zero attached hydrogens (tertiary/aromatic N) is 1. The van der Waals surface area contributed by atoms with Gasteiger partial charge in [-0.2, -0.15) is 0 Å². The molecule has 1 saturated heterocycles. The standard InChI is InChI=1S/C18H27ClN2O2/c1-13(14-5-4-8-20-11-14)9-18(22)21(2)12-15-10-16(19)6-7-17(15)23-3/h6-7,10,13-14,20H,4-5,8-9,11-12H2,1-3H3. The van der Waals surface area contributed by atoms with E-state index in [0.717, 1.165) is 24.4 Å². The second-order valence-corrected chi connectivity index (χ2v) is 6.93. The molecule has 0 saturated carbocycles. The summed E-state index contributed by atoms with van der Waals surface area (Å²) in [5, 5.41) is 4.08. The van der Waals surface area contributed by atoms with E-state index in [4.69, 9.17) is 16.3 Å². The molecule has 1 fully saturated rings. The predicted molar refractivity (Wildman–Crippen MR) is 93.9 cm³/mol. The number of ether oxygens (including phenoxy) is 1. The molecule has 0 spiro atoms. The molecule has 0 aliphatic carbocycles. The number of methoxy groups -OCH3 is 1. The summed E-state index contributed by atoms with van der Waals surface area (Å²) in [5.41, 5.74) is 0.933. The monoisotopic (exact) mass is 338 g/mol. The summed E-state index contributed by atoms with van der Waals surface area (Å²) >= 11 is 6.06. The van der Waals surface area contributed by atoms with Crippen LogP contribution < -0.4 is 10.1 Å². The lowest BCUT2D eigenvalue weighted by molar-refractivity contribution is -0.131. The lowest BCUT2D eigenvalue weighted by atomic mass is 9.85. The molecule has 2 unspecified atom stereocenters. The van der Waals surface area contributed by atoms with Crippen LogP contribution in [0.2, 0.25) is 5.02 Å². The van der Waals surface area contributed by atoms with Gasteiger partial charge in [-0.05, 0) is 56.0 Å². The number of nitrogens with one attached hydrogen (secondary N) is 1. The number of carbonyl (C=O) groups excluding carboxylic acids is 1. The van der Waals surface area contributed by atoms with Crippen LogP contribution in [-0.2, 0) is 11.3 Å². The van der Waals surface area contributed by atoms with Gasteiger partial charge < -0.3 is 15.0 Å². The Hall–Kier alpha value is -1.26. The fourth-order valence-corrected chi connectivity index (χ4v) is 3.37. The van der Waals surface area contributed by atoms with Crippen molar-refractivity contribution in [1.29, 1.82) is 0 Å². The highest BCUT2D eigenvalue weighted by Gasteiger charge is 2.23. The third kappa shape index (κ3) is 5.11. The number of rotatable bonds is 6. The normalized spacial score (nSPS) is 19.2. The van der Waals surface area contributed by atoms with Crippen molar-refractivity contribution in [1.82, 2.24) is 10.2 Å². The van der Waals surface area contributed by atoms with Gasteiger partial charge in [-0.1, -0.05) is 18.5 Å². The van der Waals surface area contributed by atoms with Crippen molar-refractivity contribution in [2.45, 2.75) is 32.7 Å². The number of piperidine rings is 1. The van der Waals surface area contributed by atoms with Gasteiger partial charge in [-0.25, -0.2) is 0 Å². The minimum absolute atomic E-state index is 0.171. The van der Waals surface area contributed by atoms with Crippen molar-refractivity contribution in [3.63, 3.8) is 0 Å². The van der Waals surface area contributed by atoms with Gasteiger partial charge in [0.15, 0.2) is 0 Å². The zero-order valence-corrected chi connectivity index (χ0v) is 15.0. The number of carbonyl (C=O) groups is 1. The number of halogens is 1. The molecule has 1 amide bonds. The third-order valence-electron chi connectivity index (χ3n) is 4.71. The number of hydrogen-bond acceptors (Lipinski definition) is 3. The van der Waals surface area contributed by atoms with Crippen LogP contribution in [0.5, 0.6) is 5.75 Å². The summed E-state index contributed by atoms with van der Waals surface area (Å²) in [6, 6.07) is 5.49. The van der Waals surface area contributed by atoms with E-state index in [1.165, 1.54) is 12.8 Å². The van der Waals surface area contributed by atoms with Crippen LogP contribution in [0.25, 0.3) is 0 Å². The van der Waals surface area contributed by atoms with E-state index in [1.54, 1.807) is 18.1 Å². The van der Waals surface area contributed by atoms with Gasteiger partial charge in [0.05, 0.1) is 7.11 Å². The molecule has 1 aliphatic rings. The molecule has 1 aromatic rings. The first kappa shape index (κ1) is 18.1.